The first-order valence-corrected chi connectivity index (χ1v) is 5.45. The van der Waals surface area contributed by atoms with Gasteiger partial charge in [-0.05, 0) is 5.41 Å². The Morgan fingerprint density at radius 2 is 1.81 bits per heavy atom. The number of rotatable bonds is 2. The highest BCUT2D eigenvalue weighted by Crippen LogP contribution is 2.33. The van der Waals surface area contributed by atoms with Crippen LogP contribution in [-0.2, 0) is 0 Å². The van der Waals surface area contributed by atoms with Gasteiger partial charge in [0.15, 0.2) is 0 Å². The highest BCUT2D eigenvalue weighted by atomic mass is 16.4. The van der Waals surface area contributed by atoms with E-state index in [0.29, 0.717) is 5.89 Å². The van der Waals surface area contributed by atoms with Crippen molar-refractivity contribution in [2.24, 2.45) is 11.1 Å². The lowest BCUT2D eigenvalue weighted by atomic mass is 9.82. The molecule has 0 saturated heterocycles. The Labute approximate surface area is 96.4 Å². The summed E-state index contributed by atoms with van der Waals surface area (Å²) in [6.07, 6.45) is 0. The van der Waals surface area contributed by atoms with Gasteiger partial charge in [0.1, 0.15) is 0 Å². The Bertz CT molecular complexity index is 339. The van der Waals surface area contributed by atoms with E-state index in [0.717, 1.165) is 0 Å². The summed E-state index contributed by atoms with van der Waals surface area (Å²) in [6.45, 7) is 12.2. The average molecular weight is 227 g/mol. The fourth-order valence-electron chi connectivity index (χ4n) is 0.880. The quantitative estimate of drug-likeness (QED) is 0.840. The summed E-state index contributed by atoms with van der Waals surface area (Å²) in [5.41, 5.74) is 5.02. The van der Waals surface area contributed by atoms with Gasteiger partial charge in [0.05, 0.1) is 0 Å². The Morgan fingerprint density at radius 3 is 2.12 bits per heavy atom. The molecule has 1 atom stereocenters. The lowest BCUT2D eigenvalue weighted by Crippen LogP contribution is -2.15. The summed E-state index contributed by atoms with van der Waals surface area (Å²) in [4.78, 5) is 10.7. The molecule has 92 valence electrons. The maximum atomic E-state index is 10.7. The first kappa shape index (κ1) is 14.6. The minimum Gasteiger partial charge on any atom is -0.417 e. The number of primary amides is 1. The third kappa shape index (κ3) is 3.64. The number of amides is 1. The van der Waals surface area contributed by atoms with E-state index in [4.69, 9.17) is 10.2 Å². The predicted molar refractivity (Wildman–Crippen MR) is 62.0 cm³/mol. The predicted octanol–water partition coefficient (Wildman–Crippen LogP) is 2.34. The van der Waals surface area contributed by atoms with Crippen LogP contribution in [0.25, 0.3) is 0 Å². The van der Waals surface area contributed by atoms with Gasteiger partial charge in [0.2, 0.25) is 5.89 Å². The second kappa shape index (κ2) is 5.63. The molecule has 1 rings (SSSR count). The second-order valence-electron chi connectivity index (χ2n) is 4.40. The van der Waals surface area contributed by atoms with E-state index in [1.54, 1.807) is 0 Å². The molecule has 1 heterocycles. The minimum absolute atomic E-state index is 0.0153. The summed E-state index contributed by atoms with van der Waals surface area (Å²) in [7, 11) is 0. The van der Waals surface area contributed by atoms with Crippen LogP contribution < -0.4 is 5.73 Å². The Morgan fingerprint density at radius 1 is 1.31 bits per heavy atom. The first-order chi connectivity index (χ1) is 7.32. The number of aromatic nitrogens is 2. The van der Waals surface area contributed by atoms with Crippen molar-refractivity contribution in [3.05, 3.63) is 11.8 Å². The molecule has 0 aliphatic carbocycles. The largest absolute Gasteiger partial charge is 0.417 e. The third-order valence-electron chi connectivity index (χ3n) is 2.32. The summed E-state index contributed by atoms with van der Waals surface area (Å²) < 4.78 is 5.14. The molecule has 5 nitrogen and oxygen atoms in total. The molecule has 1 unspecified atom stereocenters. The van der Waals surface area contributed by atoms with E-state index < -0.39 is 5.91 Å². The van der Waals surface area contributed by atoms with Crippen molar-refractivity contribution in [1.29, 1.82) is 0 Å². The average Bonchev–Trinajstić information content (AvgIpc) is 2.67. The molecule has 5 heteroatoms. The SMILES string of the molecule is CC.CC(c1nnc(C(N)=O)o1)C(C)(C)C. The molecule has 1 amide bonds. The number of hydrogen-bond acceptors (Lipinski definition) is 4. The molecule has 0 bridgehead atoms. The van der Waals surface area contributed by atoms with Crippen LogP contribution in [0.2, 0.25) is 0 Å². The maximum Gasteiger partial charge on any atom is 0.306 e. The van der Waals surface area contributed by atoms with Crippen LogP contribution in [0.15, 0.2) is 4.42 Å². The monoisotopic (exact) mass is 227 g/mol. The number of nitrogens with two attached hydrogens (primary N) is 1. The molecule has 0 spiro atoms. The minimum atomic E-state index is -0.690. The smallest absolute Gasteiger partial charge is 0.306 e. The summed E-state index contributed by atoms with van der Waals surface area (Å²) in [5, 5.41) is 7.35. The maximum absolute atomic E-state index is 10.7. The Hall–Kier alpha value is -1.39. The third-order valence-corrected chi connectivity index (χ3v) is 2.32. The van der Waals surface area contributed by atoms with Crippen LogP contribution in [0.5, 0.6) is 0 Å². The lowest BCUT2D eigenvalue weighted by Gasteiger charge is -2.23. The van der Waals surface area contributed by atoms with Gasteiger partial charge in [-0.15, -0.1) is 10.2 Å². The van der Waals surface area contributed by atoms with Crippen molar-refractivity contribution in [1.82, 2.24) is 10.2 Å². The van der Waals surface area contributed by atoms with Gasteiger partial charge in [0, 0.05) is 5.92 Å². The van der Waals surface area contributed by atoms with Gasteiger partial charge < -0.3 is 10.2 Å². The van der Waals surface area contributed by atoms with Gasteiger partial charge >= 0.3 is 11.8 Å². The van der Waals surface area contributed by atoms with E-state index in [1.807, 2.05) is 20.8 Å². The number of carbonyl (C=O) groups is 1. The topological polar surface area (TPSA) is 82.0 Å². The Kier molecular flexibility index (Phi) is 5.14. The molecule has 0 saturated carbocycles. The zero-order valence-electron chi connectivity index (χ0n) is 10.9. The van der Waals surface area contributed by atoms with Crippen molar-refractivity contribution in [3.8, 4) is 0 Å². The van der Waals surface area contributed by atoms with Crippen LogP contribution >= 0.6 is 0 Å². The van der Waals surface area contributed by atoms with Gasteiger partial charge in [-0.2, -0.15) is 0 Å². The standard InChI is InChI=1S/C9H15N3O2.C2H6/c1-5(9(2,3)4)7-11-12-8(14-7)6(10)13;1-2/h5H,1-4H3,(H2,10,13);1-2H3. The van der Waals surface area contributed by atoms with E-state index in [-0.39, 0.29) is 17.2 Å². The summed E-state index contributed by atoms with van der Waals surface area (Å²) in [6, 6.07) is 0. The Balaban J connectivity index is 0.00000106. The molecule has 0 radical (unpaired) electrons. The highest BCUT2D eigenvalue weighted by Gasteiger charge is 2.27. The summed E-state index contributed by atoms with van der Waals surface area (Å²) in [5.74, 6) is -0.282. The molecular formula is C11H21N3O2. The van der Waals surface area contributed by atoms with Gasteiger partial charge in [-0.25, -0.2) is 0 Å². The molecule has 1 aromatic heterocycles. The van der Waals surface area contributed by atoms with Gasteiger partial charge in [-0.1, -0.05) is 41.5 Å². The molecular weight excluding hydrogens is 206 g/mol. The van der Waals surface area contributed by atoms with Crippen molar-refractivity contribution in [2.45, 2.75) is 47.5 Å². The van der Waals surface area contributed by atoms with Crippen LogP contribution in [-0.4, -0.2) is 16.1 Å². The molecule has 0 aromatic carbocycles. The molecule has 0 aliphatic heterocycles. The van der Waals surface area contributed by atoms with Crippen molar-refractivity contribution >= 4 is 5.91 Å². The molecule has 2 N–H and O–H groups in total. The molecule has 1 aromatic rings. The van der Waals surface area contributed by atoms with Crippen LogP contribution in [0.3, 0.4) is 0 Å². The van der Waals surface area contributed by atoms with Crippen LogP contribution in [0.4, 0.5) is 0 Å². The fraction of sp³-hybridized carbons (Fsp3) is 0.727. The zero-order valence-corrected chi connectivity index (χ0v) is 10.9. The molecule has 0 aliphatic rings. The number of nitrogens with zero attached hydrogens (tertiary/aromatic N) is 2. The highest BCUT2D eigenvalue weighted by molar-refractivity contribution is 5.87. The van der Waals surface area contributed by atoms with E-state index in [9.17, 15) is 4.79 Å². The van der Waals surface area contributed by atoms with Gasteiger partial charge in [0.25, 0.3) is 0 Å². The number of carbonyl (C=O) groups excluding carboxylic acids is 1. The van der Waals surface area contributed by atoms with Crippen molar-refractivity contribution in [3.63, 3.8) is 0 Å². The second-order valence-corrected chi connectivity index (χ2v) is 4.40. The van der Waals surface area contributed by atoms with E-state index in [2.05, 4.69) is 31.0 Å². The lowest BCUT2D eigenvalue weighted by molar-refractivity contribution is 0.0963. The summed E-state index contributed by atoms with van der Waals surface area (Å²) >= 11 is 0. The van der Waals surface area contributed by atoms with Crippen LogP contribution in [0.1, 0.15) is 64.0 Å². The van der Waals surface area contributed by atoms with Crippen molar-refractivity contribution < 1.29 is 9.21 Å². The normalized spacial score (nSPS) is 12.6. The van der Waals surface area contributed by atoms with E-state index in [1.165, 1.54) is 0 Å². The molecule has 0 fully saturated rings. The van der Waals surface area contributed by atoms with Crippen LogP contribution in [0, 0.1) is 5.41 Å². The number of hydrogen-bond donors (Lipinski definition) is 1. The van der Waals surface area contributed by atoms with Gasteiger partial charge in [-0.3, -0.25) is 4.79 Å². The zero-order chi connectivity index (χ0) is 12.9. The fourth-order valence-corrected chi connectivity index (χ4v) is 0.880. The van der Waals surface area contributed by atoms with E-state index >= 15 is 0 Å². The first-order valence-electron chi connectivity index (χ1n) is 5.45. The van der Waals surface area contributed by atoms with Crippen molar-refractivity contribution in [2.75, 3.05) is 0 Å². The molecule has 16 heavy (non-hydrogen) atoms.